The highest BCUT2D eigenvalue weighted by atomic mass is 35.5. The Morgan fingerprint density at radius 2 is 1.74 bits per heavy atom. The second-order valence-electron chi connectivity index (χ2n) is 4.91. The second-order valence-corrected chi connectivity index (χ2v) is 5.30. The lowest BCUT2D eigenvalue weighted by Gasteiger charge is -2.02. The zero-order chi connectivity index (χ0) is 13.5. The molecule has 0 N–H and O–H groups in total. The van der Waals surface area contributed by atoms with Crippen LogP contribution >= 0.6 is 11.6 Å². The first-order chi connectivity index (χ1) is 9.33. The number of halogens is 1. The molecule has 4 nitrogen and oxygen atoms in total. The molecule has 0 unspecified atom stereocenters. The van der Waals surface area contributed by atoms with Crippen molar-refractivity contribution >= 4 is 17.2 Å². The fourth-order valence-electron chi connectivity index (χ4n) is 2.27. The van der Waals surface area contributed by atoms with Gasteiger partial charge in [-0.25, -0.2) is 0 Å². The zero-order valence-electron chi connectivity index (χ0n) is 11.5. The molecule has 2 heterocycles. The van der Waals surface area contributed by atoms with E-state index in [0.717, 1.165) is 24.3 Å². The van der Waals surface area contributed by atoms with Crippen LogP contribution in [0.5, 0.6) is 0 Å². The van der Waals surface area contributed by atoms with E-state index >= 15 is 0 Å². The Kier molecular flexibility index (Phi) is 5.58. The molecule has 0 fully saturated rings. The highest BCUT2D eigenvalue weighted by Crippen LogP contribution is 2.14. The third kappa shape index (κ3) is 3.90. The van der Waals surface area contributed by atoms with Crippen molar-refractivity contribution in [2.75, 3.05) is 0 Å². The molecule has 0 radical (unpaired) electrons. The van der Waals surface area contributed by atoms with E-state index in [0.29, 0.717) is 5.15 Å². The van der Waals surface area contributed by atoms with E-state index in [9.17, 15) is 0 Å². The van der Waals surface area contributed by atoms with Crippen LogP contribution in [0.4, 0.5) is 0 Å². The number of hydrogen-bond donors (Lipinski definition) is 0. The summed E-state index contributed by atoms with van der Waals surface area (Å²) in [5.41, 5.74) is 0.727. The summed E-state index contributed by atoms with van der Waals surface area (Å²) < 4.78 is 1.88. The number of rotatable bonds is 8. The number of nitrogens with zero attached hydrogens (tertiary/aromatic N) is 4. The molecule has 0 bridgehead atoms. The minimum Gasteiger partial charge on any atom is -0.266 e. The van der Waals surface area contributed by atoms with Crippen LogP contribution in [0.2, 0.25) is 5.15 Å². The van der Waals surface area contributed by atoms with Crippen molar-refractivity contribution in [2.45, 2.75) is 58.3 Å². The Balaban J connectivity index is 1.79. The molecule has 0 aliphatic carbocycles. The Bertz CT molecular complexity index is 509. The van der Waals surface area contributed by atoms with Crippen LogP contribution in [-0.4, -0.2) is 19.6 Å². The second kappa shape index (κ2) is 7.43. The summed E-state index contributed by atoms with van der Waals surface area (Å²) in [5.74, 6) is 0.941. The molecule has 0 saturated carbocycles. The molecular weight excluding hydrogens is 260 g/mol. The van der Waals surface area contributed by atoms with Gasteiger partial charge in [0.15, 0.2) is 5.65 Å². The first-order valence-corrected chi connectivity index (χ1v) is 7.54. The highest BCUT2D eigenvalue weighted by molar-refractivity contribution is 6.29. The van der Waals surface area contributed by atoms with Gasteiger partial charge in [0.2, 0.25) is 0 Å². The van der Waals surface area contributed by atoms with Gasteiger partial charge in [0.1, 0.15) is 11.0 Å². The van der Waals surface area contributed by atoms with Gasteiger partial charge in [-0.1, -0.05) is 57.0 Å². The van der Waals surface area contributed by atoms with Crippen LogP contribution in [0.3, 0.4) is 0 Å². The maximum atomic E-state index is 6.12. The minimum atomic E-state index is 0.584. The predicted molar refractivity (Wildman–Crippen MR) is 77.5 cm³/mol. The molecule has 0 saturated heterocycles. The molecule has 2 aromatic heterocycles. The lowest BCUT2D eigenvalue weighted by Crippen LogP contribution is -1.97. The number of hydrogen-bond acceptors (Lipinski definition) is 3. The minimum absolute atomic E-state index is 0.584. The Morgan fingerprint density at radius 3 is 2.53 bits per heavy atom. The third-order valence-electron chi connectivity index (χ3n) is 3.34. The molecule has 2 rings (SSSR count). The Hall–Kier alpha value is -1.16. The van der Waals surface area contributed by atoms with Crippen molar-refractivity contribution in [3.05, 3.63) is 23.4 Å². The fraction of sp³-hybridized carbons (Fsp3) is 0.643. The molecule has 0 atom stereocenters. The van der Waals surface area contributed by atoms with E-state index < -0.39 is 0 Å². The largest absolute Gasteiger partial charge is 0.266 e. The van der Waals surface area contributed by atoms with E-state index in [-0.39, 0.29) is 0 Å². The van der Waals surface area contributed by atoms with Crippen molar-refractivity contribution in [2.24, 2.45) is 0 Å². The summed E-state index contributed by atoms with van der Waals surface area (Å²) in [6.45, 7) is 2.25. The first-order valence-electron chi connectivity index (χ1n) is 7.16. The number of unbranched alkanes of at least 4 members (excludes halogenated alkanes) is 6. The number of fused-ring (bicyclic) bond motifs is 1. The molecule has 0 aliphatic heterocycles. The third-order valence-corrected chi connectivity index (χ3v) is 3.61. The molecule has 0 spiro atoms. The van der Waals surface area contributed by atoms with Crippen molar-refractivity contribution in [1.82, 2.24) is 19.6 Å². The molecule has 5 heteroatoms. The topological polar surface area (TPSA) is 43.1 Å². The molecule has 0 aromatic carbocycles. The summed E-state index contributed by atoms with van der Waals surface area (Å²) in [6.07, 6.45) is 13.3. The molecular formula is C14H21ClN4. The van der Waals surface area contributed by atoms with E-state index in [1.807, 2.05) is 4.40 Å². The van der Waals surface area contributed by atoms with Gasteiger partial charge in [0, 0.05) is 6.42 Å². The standard InChI is InChI=1S/C14H21ClN4/c1-2-3-4-5-6-7-8-9-13-17-18-14-11-16-10-12(15)19(13)14/h10-11H,2-9H2,1H3. The average molecular weight is 281 g/mol. The zero-order valence-corrected chi connectivity index (χ0v) is 12.2. The van der Waals surface area contributed by atoms with E-state index in [1.165, 1.54) is 38.5 Å². The first kappa shape index (κ1) is 14.3. The lowest BCUT2D eigenvalue weighted by molar-refractivity contribution is 0.583. The number of aryl methyl sites for hydroxylation is 1. The lowest BCUT2D eigenvalue weighted by atomic mass is 10.1. The van der Waals surface area contributed by atoms with Gasteiger partial charge in [-0.2, -0.15) is 0 Å². The normalized spacial score (nSPS) is 11.3. The monoisotopic (exact) mass is 280 g/mol. The van der Waals surface area contributed by atoms with Crippen LogP contribution in [0.1, 0.15) is 57.7 Å². The van der Waals surface area contributed by atoms with Crippen LogP contribution in [-0.2, 0) is 6.42 Å². The number of aromatic nitrogens is 4. The van der Waals surface area contributed by atoms with Crippen LogP contribution in [0.25, 0.3) is 5.65 Å². The van der Waals surface area contributed by atoms with Gasteiger partial charge in [0.05, 0.1) is 12.4 Å². The smallest absolute Gasteiger partial charge is 0.180 e. The summed E-state index contributed by atoms with van der Waals surface area (Å²) in [7, 11) is 0. The highest BCUT2D eigenvalue weighted by Gasteiger charge is 2.08. The van der Waals surface area contributed by atoms with Crippen molar-refractivity contribution in [3.8, 4) is 0 Å². The van der Waals surface area contributed by atoms with Gasteiger partial charge in [-0.15, -0.1) is 10.2 Å². The van der Waals surface area contributed by atoms with Gasteiger partial charge >= 0.3 is 0 Å². The van der Waals surface area contributed by atoms with Gasteiger partial charge in [-0.3, -0.25) is 9.38 Å². The SMILES string of the molecule is CCCCCCCCCc1nnc2cncc(Cl)n12. The molecule has 19 heavy (non-hydrogen) atoms. The summed E-state index contributed by atoms with van der Waals surface area (Å²) in [5, 5.41) is 8.86. The maximum absolute atomic E-state index is 6.12. The van der Waals surface area contributed by atoms with Crippen LogP contribution in [0, 0.1) is 0 Å². The van der Waals surface area contributed by atoms with Gasteiger partial charge in [0.25, 0.3) is 0 Å². The summed E-state index contributed by atoms with van der Waals surface area (Å²) in [6, 6.07) is 0. The molecule has 0 aliphatic rings. The fourth-order valence-corrected chi connectivity index (χ4v) is 2.51. The van der Waals surface area contributed by atoms with Gasteiger partial charge in [-0.05, 0) is 6.42 Å². The van der Waals surface area contributed by atoms with E-state index in [2.05, 4.69) is 22.1 Å². The van der Waals surface area contributed by atoms with Crippen molar-refractivity contribution in [1.29, 1.82) is 0 Å². The van der Waals surface area contributed by atoms with E-state index in [1.54, 1.807) is 12.4 Å². The Labute approximate surface area is 119 Å². The van der Waals surface area contributed by atoms with Crippen molar-refractivity contribution in [3.63, 3.8) is 0 Å². The van der Waals surface area contributed by atoms with E-state index in [4.69, 9.17) is 11.6 Å². The van der Waals surface area contributed by atoms with Gasteiger partial charge < -0.3 is 0 Å². The maximum Gasteiger partial charge on any atom is 0.180 e. The predicted octanol–water partition coefficient (Wildman–Crippen LogP) is 4.07. The quantitative estimate of drug-likeness (QED) is 0.685. The molecule has 2 aromatic rings. The van der Waals surface area contributed by atoms with Crippen molar-refractivity contribution < 1.29 is 0 Å². The summed E-state index contributed by atoms with van der Waals surface area (Å²) in [4.78, 5) is 4.01. The Morgan fingerprint density at radius 1 is 1.00 bits per heavy atom. The van der Waals surface area contributed by atoms with Crippen LogP contribution in [0.15, 0.2) is 12.4 Å². The van der Waals surface area contributed by atoms with Crippen LogP contribution < -0.4 is 0 Å². The summed E-state index contributed by atoms with van der Waals surface area (Å²) >= 11 is 6.12. The molecule has 104 valence electrons. The molecule has 0 amide bonds. The average Bonchev–Trinajstić information content (AvgIpc) is 2.82.